The molecule has 2 aromatic carbocycles. The van der Waals surface area contributed by atoms with E-state index in [-0.39, 0.29) is 35.1 Å². The van der Waals surface area contributed by atoms with Gasteiger partial charge in [-0.1, -0.05) is 81.4 Å². The van der Waals surface area contributed by atoms with E-state index in [9.17, 15) is 4.79 Å². The smallest absolute Gasteiger partial charge is 0.261 e. The number of fused-ring (bicyclic) bond motifs is 3. The second-order valence-electron chi connectivity index (χ2n) is 11.2. The molecule has 5 heteroatoms. The van der Waals surface area contributed by atoms with Crippen LogP contribution in [0.2, 0.25) is 5.04 Å². The average molecular weight is 451 g/mol. The first-order valence-electron chi connectivity index (χ1n) is 11.7. The lowest BCUT2D eigenvalue weighted by atomic mass is 9.95. The van der Waals surface area contributed by atoms with Gasteiger partial charge in [-0.25, -0.2) is 0 Å². The minimum Gasteiger partial charge on any atom is -0.401 e. The topological polar surface area (TPSA) is 44.8 Å². The summed E-state index contributed by atoms with van der Waals surface area (Å²) >= 11 is 0. The first-order valence-corrected chi connectivity index (χ1v) is 13.6. The Morgan fingerprint density at radius 1 is 0.969 bits per heavy atom. The summed E-state index contributed by atoms with van der Waals surface area (Å²) in [6.45, 7) is 12.4. The molecule has 1 heterocycles. The molecule has 0 aromatic heterocycles. The van der Waals surface area contributed by atoms with E-state index < -0.39 is 19.5 Å². The van der Waals surface area contributed by atoms with Crippen LogP contribution in [0, 0.1) is 11.3 Å². The molecule has 2 aromatic rings. The molecule has 32 heavy (non-hydrogen) atoms. The maximum absolute atomic E-state index is 12.8. The van der Waals surface area contributed by atoms with Crippen LogP contribution < -0.4 is 10.4 Å². The van der Waals surface area contributed by atoms with Crippen LogP contribution in [0.5, 0.6) is 0 Å². The van der Waals surface area contributed by atoms with Crippen molar-refractivity contribution in [3.8, 4) is 0 Å². The molecule has 1 saturated heterocycles. The van der Waals surface area contributed by atoms with Crippen molar-refractivity contribution in [1.82, 2.24) is 0 Å². The summed E-state index contributed by atoms with van der Waals surface area (Å²) in [4.78, 5) is 12.8. The third kappa shape index (κ3) is 3.02. The molecule has 2 aliphatic carbocycles. The zero-order chi connectivity index (χ0) is 22.9. The summed E-state index contributed by atoms with van der Waals surface area (Å²) < 4.78 is 20.2. The van der Waals surface area contributed by atoms with Gasteiger partial charge in [0.1, 0.15) is 18.0 Å². The van der Waals surface area contributed by atoms with Crippen molar-refractivity contribution in [1.29, 1.82) is 0 Å². The third-order valence-electron chi connectivity index (χ3n) is 7.80. The van der Waals surface area contributed by atoms with Crippen LogP contribution in [-0.4, -0.2) is 38.2 Å². The molecule has 0 amide bonds. The van der Waals surface area contributed by atoms with Crippen LogP contribution in [0.4, 0.5) is 0 Å². The van der Waals surface area contributed by atoms with Crippen LogP contribution >= 0.6 is 0 Å². The van der Waals surface area contributed by atoms with E-state index in [0.29, 0.717) is 0 Å². The fourth-order valence-electron chi connectivity index (χ4n) is 6.35. The van der Waals surface area contributed by atoms with E-state index in [4.69, 9.17) is 13.9 Å². The van der Waals surface area contributed by atoms with Crippen LogP contribution in [0.1, 0.15) is 48.0 Å². The molecule has 0 radical (unpaired) electrons. The van der Waals surface area contributed by atoms with Crippen LogP contribution in [-0.2, 0) is 18.7 Å². The van der Waals surface area contributed by atoms with Crippen molar-refractivity contribution < 1.29 is 18.7 Å². The molecule has 5 rings (SSSR count). The molecule has 2 saturated carbocycles. The van der Waals surface area contributed by atoms with Gasteiger partial charge >= 0.3 is 0 Å². The summed E-state index contributed by atoms with van der Waals surface area (Å²) in [6, 6.07) is 21.3. The Labute approximate surface area is 192 Å². The van der Waals surface area contributed by atoms with E-state index in [1.165, 1.54) is 10.4 Å². The predicted molar refractivity (Wildman–Crippen MR) is 128 cm³/mol. The van der Waals surface area contributed by atoms with Crippen molar-refractivity contribution in [2.45, 2.75) is 77.1 Å². The molecular formula is C27H34O4Si. The van der Waals surface area contributed by atoms with Crippen molar-refractivity contribution in [2.75, 3.05) is 0 Å². The summed E-state index contributed by atoms with van der Waals surface area (Å²) in [7, 11) is -2.75. The lowest BCUT2D eigenvalue weighted by molar-refractivity contribution is -0.168. The van der Waals surface area contributed by atoms with Crippen LogP contribution in [0.3, 0.4) is 0 Å². The van der Waals surface area contributed by atoms with Gasteiger partial charge in [0.2, 0.25) is 0 Å². The van der Waals surface area contributed by atoms with Gasteiger partial charge in [0.25, 0.3) is 8.32 Å². The zero-order valence-corrected chi connectivity index (χ0v) is 20.9. The van der Waals surface area contributed by atoms with Crippen LogP contribution in [0.25, 0.3) is 0 Å². The number of hydrogen-bond donors (Lipinski definition) is 0. The highest BCUT2D eigenvalue weighted by molar-refractivity contribution is 6.99. The molecule has 0 spiro atoms. The minimum atomic E-state index is -2.75. The lowest BCUT2D eigenvalue weighted by Crippen LogP contribution is -2.68. The summed E-state index contributed by atoms with van der Waals surface area (Å²) in [5, 5.41) is 2.36. The summed E-state index contributed by atoms with van der Waals surface area (Å²) in [5.74, 6) is -0.363. The second-order valence-corrected chi connectivity index (χ2v) is 15.4. The van der Waals surface area contributed by atoms with Gasteiger partial charge in [-0.15, -0.1) is 0 Å². The Balaban J connectivity index is 1.65. The number of ketones is 1. The largest absolute Gasteiger partial charge is 0.401 e. The maximum Gasteiger partial charge on any atom is 0.261 e. The Bertz CT molecular complexity index is 973. The van der Waals surface area contributed by atoms with Gasteiger partial charge in [0.15, 0.2) is 5.79 Å². The van der Waals surface area contributed by atoms with E-state index in [1.807, 2.05) is 13.8 Å². The maximum atomic E-state index is 12.8. The van der Waals surface area contributed by atoms with Gasteiger partial charge in [0, 0.05) is 5.92 Å². The van der Waals surface area contributed by atoms with E-state index in [1.54, 1.807) is 6.92 Å². The molecule has 0 bridgehead atoms. The second kappa shape index (κ2) is 7.10. The molecule has 4 nitrogen and oxygen atoms in total. The number of rotatable bonds is 5. The average Bonchev–Trinajstić information content (AvgIpc) is 3.33. The molecule has 1 aliphatic heterocycles. The van der Waals surface area contributed by atoms with Gasteiger partial charge < -0.3 is 13.9 Å². The first-order chi connectivity index (χ1) is 15.0. The Morgan fingerprint density at radius 3 is 1.97 bits per heavy atom. The molecule has 0 unspecified atom stereocenters. The van der Waals surface area contributed by atoms with Crippen molar-refractivity contribution in [3.05, 3.63) is 60.7 Å². The van der Waals surface area contributed by atoms with E-state index >= 15 is 0 Å². The van der Waals surface area contributed by atoms with E-state index in [0.717, 1.165) is 6.42 Å². The van der Waals surface area contributed by atoms with Gasteiger partial charge in [-0.05, 0) is 42.6 Å². The van der Waals surface area contributed by atoms with Gasteiger partial charge in [-0.3, -0.25) is 4.79 Å². The lowest BCUT2D eigenvalue weighted by Gasteiger charge is -2.45. The highest BCUT2D eigenvalue weighted by Gasteiger charge is 2.79. The van der Waals surface area contributed by atoms with Gasteiger partial charge in [-0.2, -0.15) is 0 Å². The number of benzene rings is 2. The minimum absolute atomic E-state index is 0.128. The van der Waals surface area contributed by atoms with Crippen LogP contribution in [0.15, 0.2) is 60.7 Å². The summed E-state index contributed by atoms with van der Waals surface area (Å²) in [5.41, 5.74) is -0.464. The van der Waals surface area contributed by atoms with Crippen molar-refractivity contribution in [2.24, 2.45) is 11.3 Å². The monoisotopic (exact) mass is 450 g/mol. The SMILES string of the molecule is CC(=O)[C@@]12C[C@@H]1[C@H](O[Si](c1ccccc1)(c1ccccc1)C(C)(C)C)[C@@H]1OC(C)(C)O[C@@H]12. The highest BCUT2D eigenvalue weighted by Crippen LogP contribution is 2.69. The van der Waals surface area contributed by atoms with Crippen molar-refractivity contribution >= 4 is 24.5 Å². The van der Waals surface area contributed by atoms with E-state index in [2.05, 4.69) is 81.4 Å². The normalized spacial score (nSPS) is 32.9. The quantitative estimate of drug-likeness (QED) is 0.645. The Hall–Kier alpha value is -1.79. The predicted octanol–water partition coefficient (Wildman–Crippen LogP) is 4.06. The van der Waals surface area contributed by atoms with Crippen molar-refractivity contribution in [3.63, 3.8) is 0 Å². The Kier molecular flexibility index (Phi) is 4.89. The Morgan fingerprint density at radius 2 is 1.50 bits per heavy atom. The molecule has 3 aliphatic rings. The highest BCUT2D eigenvalue weighted by atomic mass is 28.4. The number of ether oxygens (including phenoxy) is 2. The fraction of sp³-hybridized carbons (Fsp3) is 0.519. The molecular weight excluding hydrogens is 416 g/mol. The number of carbonyl (C=O) groups excluding carboxylic acids is 1. The first kappa shape index (κ1) is 22.0. The number of carbonyl (C=O) groups is 1. The third-order valence-corrected chi connectivity index (χ3v) is 12.8. The molecule has 3 fully saturated rings. The standard InChI is InChI=1S/C27H34O4Si/c1-18(28)27-17-21(27)22(23-24(27)30-26(5,6)29-23)31-32(25(2,3)4,19-13-9-7-10-14-19)20-15-11-8-12-16-20/h7-16,21-24H,17H2,1-6H3/t21-,22+,23+,24+,27+/m1/s1. The number of hydrogen-bond acceptors (Lipinski definition) is 4. The zero-order valence-electron chi connectivity index (χ0n) is 19.9. The molecule has 170 valence electrons. The number of Topliss-reactive ketones (excluding diaryl/α,β-unsaturated/α-hetero) is 1. The fourth-order valence-corrected chi connectivity index (χ4v) is 11.1. The summed E-state index contributed by atoms with van der Waals surface area (Å²) in [6.07, 6.45) is 0.195. The van der Waals surface area contributed by atoms with Gasteiger partial charge in [0.05, 0.1) is 11.5 Å². The molecule has 5 atom stereocenters. The molecule has 0 N–H and O–H groups in total.